The Bertz CT molecular complexity index is 1010. The molecule has 5 heteroatoms. The van der Waals surface area contributed by atoms with Crippen LogP contribution in [0, 0.1) is 58.8 Å². The van der Waals surface area contributed by atoms with Crippen LogP contribution in [0.5, 0.6) is 0 Å². The third-order valence-corrected chi connectivity index (χ3v) is 6.11. The average molecular weight is 416 g/mol. The predicted octanol–water partition coefficient (Wildman–Crippen LogP) is 5.32. The summed E-state index contributed by atoms with van der Waals surface area (Å²) in [5.41, 5.74) is 9.62. The fraction of sp³-hybridized carbons (Fsp3) is 0.423. The first kappa shape index (κ1) is 21.1. The fourth-order valence-corrected chi connectivity index (χ4v) is 5.05. The van der Waals surface area contributed by atoms with Gasteiger partial charge in [0.1, 0.15) is 25.3 Å². The molecule has 4 rings (SSSR count). The van der Waals surface area contributed by atoms with Crippen molar-refractivity contribution < 1.29 is 9.47 Å². The summed E-state index contributed by atoms with van der Waals surface area (Å²) < 4.78 is 11.8. The van der Waals surface area contributed by atoms with Gasteiger partial charge >= 0.3 is 0 Å². The summed E-state index contributed by atoms with van der Waals surface area (Å²) in [6, 6.07) is 10.7. The van der Waals surface area contributed by atoms with Crippen molar-refractivity contribution in [2.24, 2.45) is 15.9 Å². The summed E-state index contributed by atoms with van der Waals surface area (Å²) >= 11 is 0. The number of hydrogen-bond donors (Lipinski definition) is 0. The zero-order valence-electron chi connectivity index (χ0n) is 19.1. The Hall–Kier alpha value is -3.13. The molecule has 0 amide bonds. The lowest BCUT2D eigenvalue weighted by molar-refractivity contribution is 0.291. The van der Waals surface area contributed by atoms with Gasteiger partial charge in [0, 0.05) is 0 Å². The van der Waals surface area contributed by atoms with Crippen molar-refractivity contribution in [3.05, 3.63) is 68.8 Å². The van der Waals surface area contributed by atoms with Crippen LogP contribution in [-0.4, -0.2) is 25.0 Å². The normalized spacial score (nSPS) is 20.2. The van der Waals surface area contributed by atoms with Crippen molar-refractivity contribution in [1.29, 1.82) is 5.26 Å². The third kappa shape index (κ3) is 3.95. The van der Waals surface area contributed by atoms with Crippen LogP contribution < -0.4 is 0 Å². The highest BCUT2D eigenvalue weighted by Crippen LogP contribution is 2.34. The number of aryl methyl sites for hydroxylation is 6. The summed E-state index contributed by atoms with van der Waals surface area (Å²) in [6.45, 7) is 13.5. The smallest absolute Gasteiger partial charge is 0.211 e. The Morgan fingerprint density at radius 2 is 1.10 bits per heavy atom. The molecule has 160 valence electrons. The van der Waals surface area contributed by atoms with Crippen LogP contribution in [0.1, 0.15) is 56.6 Å². The highest BCUT2D eigenvalue weighted by Gasteiger charge is 2.36. The van der Waals surface area contributed by atoms with E-state index in [0.29, 0.717) is 25.0 Å². The monoisotopic (exact) mass is 415 g/mol. The minimum Gasteiger partial charge on any atom is -0.477 e. The maximum absolute atomic E-state index is 9.88. The van der Waals surface area contributed by atoms with Gasteiger partial charge in [-0.25, -0.2) is 9.98 Å². The Kier molecular flexibility index (Phi) is 5.58. The van der Waals surface area contributed by atoms with Gasteiger partial charge in [-0.05, 0) is 74.9 Å². The molecule has 0 fully saturated rings. The SMILES string of the molecule is Cc1cc(C)c([C@H]2COC(C(C#N)C3=N[C@@H](c4c(C)cc(C)cc4C)CO3)=N2)c(C)c1. The van der Waals surface area contributed by atoms with Crippen LogP contribution in [0.15, 0.2) is 34.3 Å². The molecule has 0 unspecified atom stereocenters. The quantitative estimate of drug-likeness (QED) is 0.679. The van der Waals surface area contributed by atoms with Gasteiger partial charge in [-0.15, -0.1) is 0 Å². The molecule has 2 aliphatic heterocycles. The first-order valence-electron chi connectivity index (χ1n) is 10.7. The molecule has 0 saturated carbocycles. The van der Waals surface area contributed by atoms with Gasteiger partial charge in [-0.3, -0.25) is 0 Å². The minimum absolute atomic E-state index is 0.106. The van der Waals surface area contributed by atoms with Gasteiger partial charge in [0.05, 0.1) is 6.07 Å². The standard InChI is InChI=1S/C26H29N3O2/c1-14-7-16(3)23(17(4)8-14)21-12-30-25(28-21)20(11-27)26-29-22(13-31-26)24-18(5)9-15(2)10-19(24)6/h7-10,20-22H,12-13H2,1-6H3/t21-,22-/m1/s1. The van der Waals surface area contributed by atoms with E-state index in [4.69, 9.17) is 19.5 Å². The lowest BCUT2D eigenvalue weighted by Gasteiger charge is -2.14. The highest BCUT2D eigenvalue weighted by atomic mass is 16.5. The molecule has 2 atom stereocenters. The van der Waals surface area contributed by atoms with Crippen LogP contribution in [-0.2, 0) is 9.47 Å². The molecule has 0 radical (unpaired) electrons. The molecule has 0 bridgehead atoms. The third-order valence-electron chi connectivity index (χ3n) is 6.11. The molecular formula is C26H29N3O2. The number of ether oxygens (including phenoxy) is 2. The maximum atomic E-state index is 9.88. The first-order chi connectivity index (χ1) is 14.8. The molecule has 0 saturated heterocycles. The molecule has 0 spiro atoms. The van der Waals surface area contributed by atoms with Gasteiger partial charge in [0.25, 0.3) is 0 Å². The van der Waals surface area contributed by atoms with E-state index in [1.165, 1.54) is 44.5 Å². The lowest BCUT2D eigenvalue weighted by atomic mass is 9.95. The molecule has 0 aromatic heterocycles. The van der Waals surface area contributed by atoms with Crippen molar-refractivity contribution in [2.75, 3.05) is 13.2 Å². The van der Waals surface area contributed by atoms with Crippen LogP contribution in [0.25, 0.3) is 0 Å². The zero-order valence-corrected chi connectivity index (χ0v) is 19.1. The van der Waals surface area contributed by atoms with Crippen molar-refractivity contribution >= 4 is 11.8 Å². The number of benzene rings is 2. The first-order valence-corrected chi connectivity index (χ1v) is 10.7. The fourth-order valence-electron chi connectivity index (χ4n) is 5.05. The molecule has 2 aromatic rings. The van der Waals surface area contributed by atoms with Crippen LogP contribution in [0.2, 0.25) is 0 Å². The van der Waals surface area contributed by atoms with Crippen molar-refractivity contribution in [3.8, 4) is 6.07 Å². The Morgan fingerprint density at radius 1 is 0.742 bits per heavy atom. The molecule has 2 aliphatic rings. The van der Waals surface area contributed by atoms with E-state index in [1.54, 1.807) is 0 Å². The van der Waals surface area contributed by atoms with Crippen LogP contribution >= 0.6 is 0 Å². The predicted molar refractivity (Wildman–Crippen MR) is 123 cm³/mol. The van der Waals surface area contributed by atoms with Gasteiger partial charge < -0.3 is 9.47 Å². The van der Waals surface area contributed by atoms with Crippen molar-refractivity contribution in [2.45, 2.75) is 53.6 Å². The molecule has 31 heavy (non-hydrogen) atoms. The Labute approximate surface area is 184 Å². The van der Waals surface area contributed by atoms with Gasteiger partial charge in [0.2, 0.25) is 11.8 Å². The topological polar surface area (TPSA) is 67.0 Å². The van der Waals surface area contributed by atoms with Crippen molar-refractivity contribution in [3.63, 3.8) is 0 Å². The second-order valence-electron chi connectivity index (χ2n) is 8.78. The summed E-state index contributed by atoms with van der Waals surface area (Å²) in [5, 5.41) is 9.88. The van der Waals surface area contributed by atoms with E-state index in [-0.39, 0.29) is 12.1 Å². The second kappa shape index (κ2) is 8.19. The number of nitriles is 1. The van der Waals surface area contributed by atoms with Crippen molar-refractivity contribution in [1.82, 2.24) is 0 Å². The number of nitrogens with zero attached hydrogens (tertiary/aromatic N) is 3. The number of rotatable bonds is 4. The number of aliphatic imine (C=N–C) groups is 2. The Morgan fingerprint density at radius 3 is 1.42 bits per heavy atom. The van der Waals surface area contributed by atoms with E-state index in [1.807, 2.05) is 0 Å². The summed E-state index contributed by atoms with van der Waals surface area (Å²) in [6.07, 6.45) is 0. The maximum Gasteiger partial charge on any atom is 0.211 e. The summed E-state index contributed by atoms with van der Waals surface area (Å²) in [5.74, 6) is 0.0966. The second-order valence-corrected chi connectivity index (χ2v) is 8.78. The molecule has 2 heterocycles. The largest absolute Gasteiger partial charge is 0.477 e. The molecule has 5 nitrogen and oxygen atoms in total. The summed E-state index contributed by atoms with van der Waals surface area (Å²) in [4.78, 5) is 9.56. The zero-order chi connectivity index (χ0) is 22.3. The van der Waals surface area contributed by atoms with E-state index in [9.17, 15) is 5.26 Å². The average Bonchev–Trinajstić information content (AvgIpc) is 3.32. The molecular weight excluding hydrogens is 386 g/mol. The highest BCUT2D eigenvalue weighted by molar-refractivity contribution is 6.04. The Balaban J connectivity index is 1.61. The van der Waals surface area contributed by atoms with E-state index >= 15 is 0 Å². The summed E-state index contributed by atoms with van der Waals surface area (Å²) in [7, 11) is 0. The molecule has 0 aliphatic carbocycles. The van der Waals surface area contributed by atoms with E-state index < -0.39 is 5.92 Å². The van der Waals surface area contributed by atoms with Gasteiger partial charge in [-0.1, -0.05) is 35.4 Å². The molecule has 2 aromatic carbocycles. The lowest BCUT2D eigenvalue weighted by Crippen LogP contribution is -2.23. The van der Waals surface area contributed by atoms with E-state index in [0.717, 1.165) is 0 Å². The minimum atomic E-state index is -0.716. The van der Waals surface area contributed by atoms with Gasteiger partial charge in [-0.2, -0.15) is 5.26 Å². The van der Waals surface area contributed by atoms with E-state index in [2.05, 4.69) is 71.9 Å². The number of hydrogen-bond acceptors (Lipinski definition) is 5. The van der Waals surface area contributed by atoms with Gasteiger partial charge in [0.15, 0.2) is 5.92 Å². The van der Waals surface area contributed by atoms with Crippen LogP contribution in [0.4, 0.5) is 0 Å². The van der Waals surface area contributed by atoms with Crippen LogP contribution in [0.3, 0.4) is 0 Å². The molecule has 0 N–H and O–H groups in total.